The van der Waals surface area contributed by atoms with E-state index in [0.29, 0.717) is 17.0 Å². The summed E-state index contributed by atoms with van der Waals surface area (Å²) in [4.78, 5) is 22.6. The first kappa shape index (κ1) is 13.2. The second-order valence-electron chi connectivity index (χ2n) is 4.61. The molecule has 2 N–H and O–H groups in total. The Morgan fingerprint density at radius 3 is 2.41 bits per heavy atom. The van der Waals surface area contributed by atoms with Gasteiger partial charge in [0.25, 0.3) is 5.91 Å². The molecule has 94 valence electrons. The maximum Gasteiger partial charge on any atom is 0.305 e. The van der Waals surface area contributed by atoms with Crippen LogP contribution in [0.4, 0.5) is 0 Å². The standard InChI is InChI=1S/C11H16N2O4/c1-6-9(7(2)17-13-6)10(16)12-11(3,4)5-8(14)15/h5H2,1-4H3,(H,12,16)(H,14,15). The SMILES string of the molecule is Cc1noc(C)c1C(=O)NC(C)(C)CC(=O)O. The Kier molecular flexibility index (Phi) is 3.55. The van der Waals surface area contributed by atoms with Gasteiger partial charge in [-0.25, -0.2) is 0 Å². The molecule has 0 radical (unpaired) electrons. The van der Waals surface area contributed by atoms with E-state index in [4.69, 9.17) is 9.63 Å². The largest absolute Gasteiger partial charge is 0.481 e. The minimum atomic E-state index is -0.964. The third kappa shape index (κ3) is 3.30. The Balaban J connectivity index is 2.83. The zero-order valence-corrected chi connectivity index (χ0v) is 10.3. The fraction of sp³-hybridized carbons (Fsp3) is 0.545. The monoisotopic (exact) mass is 240 g/mol. The van der Waals surface area contributed by atoms with Crippen LogP contribution in [0.3, 0.4) is 0 Å². The number of hydrogen-bond donors (Lipinski definition) is 2. The van der Waals surface area contributed by atoms with Crippen molar-refractivity contribution in [3.05, 3.63) is 17.0 Å². The van der Waals surface area contributed by atoms with Crippen LogP contribution in [0, 0.1) is 13.8 Å². The number of rotatable bonds is 4. The summed E-state index contributed by atoms with van der Waals surface area (Å²) in [5.74, 6) is -0.910. The van der Waals surface area contributed by atoms with E-state index in [1.54, 1.807) is 27.7 Å². The van der Waals surface area contributed by atoms with Gasteiger partial charge in [-0.15, -0.1) is 0 Å². The number of amides is 1. The number of aryl methyl sites for hydroxylation is 2. The average Bonchev–Trinajstić information content (AvgIpc) is 2.42. The van der Waals surface area contributed by atoms with Crippen LogP contribution >= 0.6 is 0 Å². The van der Waals surface area contributed by atoms with Crippen molar-refractivity contribution >= 4 is 11.9 Å². The van der Waals surface area contributed by atoms with Crippen molar-refractivity contribution in [1.82, 2.24) is 10.5 Å². The summed E-state index contributed by atoms with van der Waals surface area (Å²) in [6.07, 6.45) is -0.151. The van der Waals surface area contributed by atoms with Crippen LogP contribution in [0.15, 0.2) is 4.52 Å². The zero-order valence-electron chi connectivity index (χ0n) is 10.3. The minimum Gasteiger partial charge on any atom is -0.481 e. The molecule has 0 saturated carbocycles. The van der Waals surface area contributed by atoms with Crippen LogP contribution in [-0.2, 0) is 4.79 Å². The molecule has 0 aliphatic carbocycles. The molecule has 0 aliphatic heterocycles. The molecule has 0 saturated heterocycles. The number of carbonyl (C=O) groups is 2. The van der Waals surface area contributed by atoms with E-state index in [1.165, 1.54) is 0 Å². The number of carboxylic acids is 1. The first-order valence-electron chi connectivity index (χ1n) is 5.20. The summed E-state index contributed by atoms with van der Waals surface area (Å²) in [7, 11) is 0. The number of aliphatic carboxylic acids is 1. The van der Waals surface area contributed by atoms with E-state index in [2.05, 4.69) is 10.5 Å². The summed E-state index contributed by atoms with van der Waals surface area (Å²) in [5, 5.41) is 15.0. The van der Waals surface area contributed by atoms with Crippen LogP contribution in [0.5, 0.6) is 0 Å². The molecule has 0 fully saturated rings. The fourth-order valence-corrected chi connectivity index (χ4v) is 1.60. The van der Waals surface area contributed by atoms with Gasteiger partial charge in [0.2, 0.25) is 0 Å². The van der Waals surface area contributed by atoms with Crippen LogP contribution < -0.4 is 5.32 Å². The van der Waals surface area contributed by atoms with E-state index in [0.717, 1.165) is 0 Å². The highest BCUT2D eigenvalue weighted by atomic mass is 16.5. The van der Waals surface area contributed by atoms with Crippen molar-refractivity contribution in [2.75, 3.05) is 0 Å². The summed E-state index contributed by atoms with van der Waals surface area (Å²) < 4.78 is 4.88. The molecule has 17 heavy (non-hydrogen) atoms. The van der Waals surface area contributed by atoms with Crippen molar-refractivity contribution in [3.8, 4) is 0 Å². The second-order valence-corrected chi connectivity index (χ2v) is 4.61. The third-order valence-electron chi connectivity index (χ3n) is 2.31. The second kappa shape index (κ2) is 4.57. The van der Waals surface area contributed by atoms with Gasteiger partial charge < -0.3 is 14.9 Å². The van der Waals surface area contributed by atoms with Crippen LogP contribution in [0.1, 0.15) is 42.1 Å². The molecule has 1 aromatic heterocycles. The van der Waals surface area contributed by atoms with E-state index < -0.39 is 11.5 Å². The van der Waals surface area contributed by atoms with Gasteiger partial charge in [-0.2, -0.15) is 0 Å². The van der Waals surface area contributed by atoms with Gasteiger partial charge in [0.05, 0.1) is 12.1 Å². The Morgan fingerprint density at radius 2 is 2.00 bits per heavy atom. The van der Waals surface area contributed by atoms with E-state index in [1.807, 2.05) is 0 Å². The van der Waals surface area contributed by atoms with Gasteiger partial charge in [-0.1, -0.05) is 5.16 Å². The van der Waals surface area contributed by atoms with Crippen LogP contribution in [0.2, 0.25) is 0 Å². The molecule has 1 amide bonds. The van der Waals surface area contributed by atoms with E-state index in [-0.39, 0.29) is 12.3 Å². The van der Waals surface area contributed by atoms with E-state index in [9.17, 15) is 9.59 Å². The Morgan fingerprint density at radius 1 is 1.41 bits per heavy atom. The molecule has 0 aliphatic rings. The Hall–Kier alpha value is -1.85. The highest BCUT2D eigenvalue weighted by Gasteiger charge is 2.27. The molecule has 1 rings (SSSR count). The molecule has 1 aromatic rings. The predicted molar refractivity (Wildman–Crippen MR) is 59.8 cm³/mol. The van der Waals surface area contributed by atoms with Gasteiger partial charge >= 0.3 is 5.97 Å². The molecule has 1 heterocycles. The number of carbonyl (C=O) groups excluding carboxylic acids is 1. The molecule has 0 aromatic carbocycles. The maximum absolute atomic E-state index is 11.9. The summed E-state index contributed by atoms with van der Waals surface area (Å²) in [6, 6.07) is 0. The topological polar surface area (TPSA) is 92.4 Å². The zero-order chi connectivity index (χ0) is 13.2. The number of nitrogens with one attached hydrogen (secondary N) is 1. The molecule has 0 spiro atoms. The van der Waals surface area contributed by atoms with Gasteiger partial charge in [-0.3, -0.25) is 9.59 Å². The molecule has 6 nitrogen and oxygen atoms in total. The van der Waals surface area contributed by atoms with Crippen molar-refractivity contribution < 1.29 is 19.2 Å². The van der Waals surface area contributed by atoms with E-state index >= 15 is 0 Å². The highest BCUT2D eigenvalue weighted by molar-refractivity contribution is 5.96. The first-order chi connectivity index (χ1) is 7.73. The molecular formula is C11H16N2O4. The Bertz CT molecular complexity index is 429. The van der Waals surface area contributed by atoms with Gasteiger partial charge in [0, 0.05) is 5.54 Å². The lowest BCUT2D eigenvalue weighted by atomic mass is 10.00. The minimum absolute atomic E-state index is 0.151. The van der Waals surface area contributed by atoms with Gasteiger partial charge in [0.1, 0.15) is 11.3 Å². The van der Waals surface area contributed by atoms with Gasteiger partial charge in [0.15, 0.2) is 0 Å². The van der Waals surface area contributed by atoms with Crippen molar-refractivity contribution in [1.29, 1.82) is 0 Å². The normalized spacial score (nSPS) is 11.3. The van der Waals surface area contributed by atoms with Crippen LogP contribution in [0.25, 0.3) is 0 Å². The summed E-state index contributed by atoms with van der Waals surface area (Å²) >= 11 is 0. The molecular weight excluding hydrogens is 224 g/mol. The lowest BCUT2D eigenvalue weighted by Gasteiger charge is -2.24. The average molecular weight is 240 g/mol. The van der Waals surface area contributed by atoms with Crippen molar-refractivity contribution in [2.45, 2.75) is 39.7 Å². The number of carboxylic acid groups (broad SMARTS) is 1. The quantitative estimate of drug-likeness (QED) is 0.826. The molecule has 0 unspecified atom stereocenters. The van der Waals surface area contributed by atoms with Crippen molar-refractivity contribution in [3.63, 3.8) is 0 Å². The lowest BCUT2D eigenvalue weighted by Crippen LogP contribution is -2.45. The molecule has 6 heteroatoms. The number of hydrogen-bond acceptors (Lipinski definition) is 4. The predicted octanol–water partition coefficient (Wildman–Crippen LogP) is 1.27. The smallest absolute Gasteiger partial charge is 0.305 e. The third-order valence-corrected chi connectivity index (χ3v) is 2.31. The number of aromatic nitrogens is 1. The maximum atomic E-state index is 11.9. The molecule has 0 bridgehead atoms. The fourth-order valence-electron chi connectivity index (χ4n) is 1.60. The number of nitrogens with zero attached hydrogens (tertiary/aromatic N) is 1. The Labute approximate surface area is 99.0 Å². The van der Waals surface area contributed by atoms with Gasteiger partial charge in [-0.05, 0) is 27.7 Å². The van der Waals surface area contributed by atoms with Crippen molar-refractivity contribution in [2.24, 2.45) is 0 Å². The van der Waals surface area contributed by atoms with Crippen LogP contribution in [-0.4, -0.2) is 27.7 Å². The first-order valence-corrected chi connectivity index (χ1v) is 5.20. The summed E-state index contributed by atoms with van der Waals surface area (Å²) in [6.45, 7) is 6.60. The lowest BCUT2D eigenvalue weighted by molar-refractivity contribution is -0.138. The molecule has 0 atom stereocenters. The highest BCUT2D eigenvalue weighted by Crippen LogP contribution is 2.15. The summed E-state index contributed by atoms with van der Waals surface area (Å²) in [5.41, 5.74) is 0.0357.